The lowest BCUT2D eigenvalue weighted by Crippen LogP contribution is -2.27. The molecule has 1 saturated carbocycles. The van der Waals surface area contributed by atoms with E-state index in [1.807, 2.05) is 42.5 Å². The molecule has 1 aromatic heterocycles. The third kappa shape index (κ3) is 2.72. The molecule has 1 amide bonds. The van der Waals surface area contributed by atoms with Crippen molar-refractivity contribution < 1.29 is 14.3 Å². The molecule has 1 N–H and O–H groups in total. The van der Waals surface area contributed by atoms with Crippen molar-refractivity contribution in [3.8, 4) is 11.5 Å². The minimum atomic E-state index is -0.408. The smallest absolute Gasteiger partial charge is 0.236 e. The van der Waals surface area contributed by atoms with E-state index in [0.717, 1.165) is 28.6 Å². The minimum absolute atomic E-state index is 0.0108. The number of anilines is 1. The molecule has 1 aliphatic rings. The third-order valence-electron chi connectivity index (χ3n) is 4.63. The molecule has 0 unspecified atom stereocenters. The van der Waals surface area contributed by atoms with E-state index in [4.69, 9.17) is 9.47 Å². The van der Waals surface area contributed by atoms with Crippen molar-refractivity contribution >= 4 is 32.6 Å². The van der Waals surface area contributed by atoms with E-state index in [2.05, 4.69) is 10.3 Å². The SMILES string of the molecule is COc1cc2nc(NC(=O)C3(c4ccccc4)CC3)sc2cc1OC. The normalized spacial score (nSPS) is 15.0. The number of benzene rings is 2. The first kappa shape index (κ1) is 15.9. The zero-order valence-electron chi connectivity index (χ0n) is 14.0. The van der Waals surface area contributed by atoms with Crippen molar-refractivity contribution in [1.82, 2.24) is 4.98 Å². The Labute approximate surface area is 149 Å². The van der Waals surface area contributed by atoms with Crippen LogP contribution in [0.3, 0.4) is 0 Å². The molecule has 1 heterocycles. The fourth-order valence-corrected chi connectivity index (χ4v) is 3.93. The maximum atomic E-state index is 12.8. The van der Waals surface area contributed by atoms with Crippen LogP contribution in [-0.4, -0.2) is 25.1 Å². The van der Waals surface area contributed by atoms with Gasteiger partial charge in [0.15, 0.2) is 16.6 Å². The molecule has 128 valence electrons. The molecular weight excluding hydrogens is 336 g/mol. The molecular formula is C19H18N2O3S. The van der Waals surface area contributed by atoms with Crippen LogP contribution in [0.15, 0.2) is 42.5 Å². The number of thiazole rings is 1. The van der Waals surface area contributed by atoms with Crippen LogP contribution in [0.5, 0.6) is 11.5 Å². The molecule has 0 radical (unpaired) electrons. The summed E-state index contributed by atoms with van der Waals surface area (Å²) in [6.45, 7) is 0. The number of rotatable bonds is 5. The van der Waals surface area contributed by atoms with Crippen molar-refractivity contribution in [3.05, 3.63) is 48.0 Å². The molecule has 0 spiro atoms. The van der Waals surface area contributed by atoms with E-state index in [9.17, 15) is 4.79 Å². The second kappa shape index (κ2) is 6.04. The number of hydrogen-bond acceptors (Lipinski definition) is 5. The molecule has 2 aromatic carbocycles. The van der Waals surface area contributed by atoms with Gasteiger partial charge in [-0.3, -0.25) is 4.79 Å². The van der Waals surface area contributed by atoms with Crippen molar-refractivity contribution in [2.45, 2.75) is 18.3 Å². The Morgan fingerprint density at radius 1 is 1.12 bits per heavy atom. The summed E-state index contributed by atoms with van der Waals surface area (Å²) < 4.78 is 11.6. The third-order valence-corrected chi connectivity index (χ3v) is 5.56. The number of nitrogens with one attached hydrogen (secondary N) is 1. The molecule has 0 bridgehead atoms. The number of carbonyl (C=O) groups excluding carboxylic acids is 1. The fourth-order valence-electron chi connectivity index (χ4n) is 3.05. The number of fused-ring (bicyclic) bond motifs is 1. The highest BCUT2D eigenvalue weighted by Crippen LogP contribution is 2.49. The molecule has 0 atom stereocenters. The van der Waals surface area contributed by atoms with Gasteiger partial charge in [0.05, 0.1) is 29.9 Å². The average Bonchev–Trinajstić information content (AvgIpc) is 3.37. The fraction of sp³-hybridized carbons (Fsp3) is 0.263. The highest BCUT2D eigenvalue weighted by atomic mass is 32.1. The van der Waals surface area contributed by atoms with Gasteiger partial charge in [-0.25, -0.2) is 4.98 Å². The van der Waals surface area contributed by atoms with Crippen LogP contribution in [0.1, 0.15) is 18.4 Å². The lowest BCUT2D eigenvalue weighted by Gasteiger charge is -2.14. The highest BCUT2D eigenvalue weighted by molar-refractivity contribution is 7.22. The lowest BCUT2D eigenvalue weighted by atomic mass is 9.95. The van der Waals surface area contributed by atoms with Crippen LogP contribution in [0, 0.1) is 0 Å². The summed E-state index contributed by atoms with van der Waals surface area (Å²) in [5.41, 5.74) is 1.44. The van der Waals surface area contributed by atoms with Crippen molar-refractivity contribution in [1.29, 1.82) is 0 Å². The average molecular weight is 354 g/mol. The number of amides is 1. The Kier molecular flexibility index (Phi) is 3.84. The van der Waals surface area contributed by atoms with E-state index in [0.29, 0.717) is 16.6 Å². The van der Waals surface area contributed by atoms with Gasteiger partial charge in [0.1, 0.15) is 0 Å². The van der Waals surface area contributed by atoms with Crippen LogP contribution in [0.25, 0.3) is 10.2 Å². The second-order valence-corrected chi connectivity index (χ2v) is 7.13. The summed E-state index contributed by atoms with van der Waals surface area (Å²) in [5.74, 6) is 1.29. The van der Waals surface area contributed by atoms with E-state index >= 15 is 0 Å². The predicted molar refractivity (Wildman–Crippen MR) is 98.7 cm³/mol. The topological polar surface area (TPSA) is 60.5 Å². The Balaban J connectivity index is 1.62. The van der Waals surface area contributed by atoms with Crippen LogP contribution in [0.4, 0.5) is 5.13 Å². The van der Waals surface area contributed by atoms with Crippen LogP contribution in [0.2, 0.25) is 0 Å². The summed E-state index contributed by atoms with van der Waals surface area (Å²) in [6.07, 6.45) is 1.74. The maximum Gasteiger partial charge on any atom is 0.236 e. The maximum absolute atomic E-state index is 12.8. The summed E-state index contributed by atoms with van der Waals surface area (Å²) >= 11 is 1.43. The first-order chi connectivity index (χ1) is 12.2. The number of hydrogen-bond donors (Lipinski definition) is 1. The Morgan fingerprint density at radius 2 is 1.80 bits per heavy atom. The number of carbonyl (C=O) groups is 1. The highest BCUT2D eigenvalue weighted by Gasteiger charge is 2.51. The molecule has 1 fully saturated rings. The van der Waals surface area contributed by atoms with Gasteiger partial charge in [-0.2, -0.15) is 0 Å². The van der Waals surface area contributed by atoms with E-state index < -0.39 is 5.41 Å². The van der Waals surface area contributed by atoms with Crippen molar-refractivity contribution in [2.24, 2.45) is 0 Å². The number of aromatic nitrogens is 1. The molecule has 1 aliphatic carbocycles. The van der Waals surface area contributed by atoms with Gasteiger partial charge in [0.2, 0.25) is 5.91 Å². The molecule has 3 aromatic rings. The molecule has 5 nitrogen and oxygen atoms in total. The number of ether oxygens (including phenoxy) is 2. The van der Waals surface area contributed by atoms with E-state index in [1.54, 1.807) is 14.2 Å². The lowest BCUT2D eigenvalue weighted by molar-refractivity contribution is -0.118. The quantitative estimate of drug-likeness (QED) is 0.753. The molecule has 4 rings (SSSR count). The zero-order chi connectivity index (χ0) is 17.4. The minimum Gasteiger partial charge on any atom is -0.493 e. The summed E-state index contributed by atoms with van der Waals surface area (Å²) in [5, 5.41) is 3.59. The van der Waals surface area contributed by atoms with Gasteiger partial charge in [-0.15, -0.1) is 0 Å². The first-order valence-electron chi connectivity index (χ1n) is 8.06. The van der Waals surface area contributed by atoms with Crippen molar-refractivity contribution in [3.63, 3.8) is 0 Å². The second-order valence-electron chi connectivity index (χ2n) is 6.10. The van der Waals surface area contributed by atoms with Crippen molar-refractivity contribution in [2.75, 3.05) is 19.5 Å². The van der Waals surface area contributed by atoms with E-state index in [1.165, 1.54) is 11.3 Å². The molecule has 25 heavy (non-hydrogen) atoms. The first-order valence-corrected chi connectivity index (χ1v) is 8.87. The molecule has 0 aliphatic heterocycles. The largest absolute Gasteiger partial charge is 0.493 e. The number of methoxy groups -OCH3 is 2. The van der Waals surface area contributed by atoms with Gasteiger partial charge in [0.25, 0.3) is 0 Å². The summed E-state index contributed by atoms with van der Waals surface area (Å²) in [6, 6.07) is 13.6. The van der Waals surface area contributed by atoms with Crippen LogP contribution in [-0.2, 0) is 10.2 Å². The van der Waals surface area contributed by atoms with Crippen LogP contribution < -0.4 is 14.8 Å². The van der Waals surface area contributed by atoms with Crippen LogP contribution >= 0.6 is 11.3 Å². The predicted octanol–water partition coefficient (Wildman–Crippen LogP) is 3.98. The molecule has 6 heteroatoms. The van der Waals surface area contributed by atoms with Gasteiger partial charge in [-0.1, -0.05) is 41.7 Å². The Bertz CT molecular complexity index is 891. The summed E-state index contributed by atoms with van der Waals surface area (Å²) in [4.78, 5) is 17.3. The monoisotopic (exact) mass is 354 g/mol. The van der Waals surface area contributed by atoms with Gasteiger partial charge in [0, 0.05) is 12.1 Å². The Morgan fingerprint density at radius 3 is 2.44 bits per heavy atom. The number of nitrogens with zero attached hydrogens (tertiary/aromatic N) is 1. The standard InChI is InChI=1S/C19H18N2O3S/c1-23-14-10-13-16(11-15(14)24-2)25-18(20-13)21-17(22)19(8-9-19)12-6-4-3-5-7-12/h3-7,10-11H,8-9H2,1-2H3,(H,20,21,22). The Hall–Kier alpha value is -2.60. The van der Waals surface area contributed by atoms with Gasteiger partial charge >= 0.3 is 0 Å². The molecule has 0 saturated heterocycles. The summed E-state index contributed by atoms with van der Waals surface area (Å²) in [7, 11) is 3.19. The van der Waals surface area contributed by atoms with Gasteiger partial charge < -0.3 is 14.8 Å². The zero-order valence-corrected chi connectivity index (χ0v) is 14.9. The van der Waals surface area contributed by atoms with E-state index in [-0.39, 0.29) is 5.91 Å². The van der Waals surface area contributed by atoms with Gasteiger partial charge in [-0.05, 0) is 18.4 Å².